The number of aryl methyl sites for hydroxylation is 1. The lowest BCUT2D eigenvalue weighted by molar-refractivity contribution is 0.0719. The second-order valence-electron chi connectivity index (χ2n) is 9.18. The van der Waals surface area contributed by atoms with Crippen LogP contribution in [0.4, 0.5) is 0 Å². The van der Waals surface area contributed by atoms with Crippen LogP contribution in [-0.4, -0.2) is 35.9 Å². The van der Waals surface area contributed by atoms with Crippen LogP contribution in [0.15, 0.2) is 6.20 Å². The molecule has 8 heteroatoms. The van der Waals surface area contributed by atoms with Crippen molar-refractivity contribution in [2.75, 3.05) is 0 Å². The largest absolute Gasteiger partial charge is 0.543 e. The molecule has 25 heavy (non-hydrogen) atoms. The molecule has 0 saturated heterocycles. The fourth-order valence-corrected chi connectivity index (χ4v) is 4.10. The molecule has 1 aromatic rings. The predicted octanol–water partition coefficient (Wildman–Crippen LogP) is 4.95. The zero-order valence-corrected chi connectivity index (χ0v) is 20.4. The molecule has 0 aromatic carbocycles. The lowest BCUT2D eigenvalue weighted by Gasteiger charge is -2.26. The van der Waals surface area contributed by atoms with Crippen LogP contribution in [0, 0.1) is 6.92 Å². The molecule has 0 N–H and O–H groups in total. The molecular weight excluding hydrogens is 366 g/mol. The molecule has 1 rings (SSSR count). The van der Waals surface area contributed by atoms with Gasteiger partial charge in [0.2, 0.25) is 16.6 Å². The Hall–Kier alpha value is -0.969. The van der Waals surface area contributed by atoms with Crippen molar-refractivity contribution in [3.63, 3.8) is 0 Å². The minimum atomic E-state index is -2.03. The summed E-state index contributed by atoms with van der Waals surface area (Å²) in [6.45, 7) is 20.9. The maximum Gasteiger partial charge on any atom is 0.329 e. The summed E-state index contributed by atoms with van der Waals surface area (Å²) < 4.78 is 18.0. The summed E-state index contributed by atoms with van der Waals surface area (Å²) in [5, 5.41) is 0. The smallest absolute Gasteiger partial charge is 0.329 e. The number of aromatic nitrogens is 1. The summed E-state index contributed by atoms with van der Waals surface area (Å²) in [6, 6.07) is 0. The topological polar surface area (TPSA) is 57.7 Å². The van der Waals surface area contributed by atoms with Crippen molar-refractivity contribution >= 4 is 30.9 Å². The predicted molar refractivity (Wildman–Crippen MR) is 110 cm³/mol. The lowest BCUT2D eigenvalue weighted by Crippen LogP contribution is -2.33. The van der Waals surface area contributed by atoms with Crippen LogP contribution >= 0.6 is 0 Å². The highest BCUT2D eigenvalue weighted by Crippen LogP contribution is 2.29. The monoisotopic (exact) mass is 399 g/mol. The normalized spacial score (nSPS) is 12.9. The van der Waals surface area contributed by atoms with E-state index in [1.165, 1.54) is 0 Å². The third-order valence-electron chi connectivity index (χ3n) is 3.03. The van der Waals surface area contributed by atoms with Crippen molar-refractivity contribution < 1.29 is 18.1 Å². The Labute approximate surface area is 155 Å². The highest BCUT2D eigenvalue weighted by Gasteiger charge is 2.30. The van der Waals surface area contributed by atoms with E-state index in [4.69, 9.17) is 13.3 Å². The number of nitrogens with zero attached hydrogens (tertiary/aromatic N) is 1. The Balaban J connectivity index is 3.41. The zero-order chi connectivity index (χ0) is 19.6. The van der Waals surface area contributed by atoms with Gasteiger partial charge in [-0.3, -0.25) is 4.98 Å². The number of pyridine rings is 1. The van der Waals surface area contributed by atoms with Crippen molar-refractivity contribution in [3.05, 3.63) is 23.0 Å². The van der Waals surface area contributed by atoms with Crippen molar-refractivity contribution in [1.29, 1.82) is 0 Å². The number of carbonyl (C=O) groups excluding carboxylic acids is 1. The molecule has 0 unspecified atom stereocenters. The van der Waals surface area contributed by atoms with Gasteiger partial charge in [-0.25, -0.2) is 4.79 Å². The summed E-state index contributed by atoms with van der Waals surface area (Å²) in [7, 11) is -5.67. The first-order valence-corrected chi connectivity index (χ1v) is 18.9. The van der Waals surface area contributed by atoms with E-state index < -0.39 is 25.0 Å². The van der Waals surface area contributed by atoms with Crippen LogP contribution < -0.4 is 4.43 Å². The molecule has 0 aliphatic carbocycles. The van der Waals surface area contributed by atoms with Crippen LogP contribution in [0.1, 0.15) is 21.6 Å². The first-order chi connectivity index (χ1) is 11.1. The Morgan fingerprint density at radius 1 is 0.960 bits per heavy atom. The van der Waals surface area contributed by atoms with E-state index in [2.05, 4.69) is 44.3 Å². The minimum absolute atomic E-state index is 0.327. The van der Waals surface area contributed by atoms with Gasteiger partial charge >= 0.3 is 5.97 Å². The number of hydrogen-bond donors (Lipinski definition) is 0. The molecule has 0 aliphatic heterocycles. The van der Waals surface area contributed by atoms with Gasteiger partial charge < -0.3 is 13.3 Å². The standard InChI is InChI=1S/C17H33NO4Si3/c1-13-14(12-20-23(2,3)4)16(17(19)22-25(8,9)10)15(11-18-13)21-24(5,6)7/h11H,12H2,1-10H3. The quantitative estimate of drug-likeness (QED) is 0.607. The SMILES string of the molecule is Cc1ncc(O[Si](C)(C)C)c(C(=O)O[Si](C)(C)C)c1CO[Si](C)(C)C. The number of rotatable bonds is 7. The van der Waals surface area contributed by atoms with Gasteiger partial charge in [0, 0.05) is 11.3 Å². The molecule has 0 bridgehead atoms. The molecule has 0 radical (unpaired) electrons. The summed E-state index contributed by atoms with van der Waals surface area (Å²) in [5.41, 5.74) is 2.04. The summed E-state index contributed by atoms with van der Waals surface area (Å²) in [4.78, 5) is 17.4. The maximum atomic E-state index is 12.9. The van der Waals surface area contributed by atoms with E-state index in [9.17, 15) is 4.79 Å². The van der Waals surface area contributed by atoms with E-state index in [0.29, 0.717) is 17.9 Å². The van der Waals surface area contributed by atoms with Crippen LogP contribution in [0.25, 0.3) is 0 Å². The average Bonchev–Trinajstić information content (AvgIpc) is 2.34. The average molecular weight is 400 g/mol. The lowest BCUT2D eigenvalue weighted by atomic mass is 10.1. The van der Waals surface area contributed by atoms with Gasteiger partial charge in [0.05, 0.1) is 12.8 Å². The molecule has 0 saturated carbocycles. The fraction of sp³-hybridized carbons (Fsp3) is 0.647. The second kappa shape index (κ2) is 7.73. The third-order valence-corrected chi connectivity index (χ3v) is 5.67. The molecule has 0 fully saturated rings. The fourth-order valence-electron chi connectivity index (χ4n) is 2.05. The Bertz CT molecular complexity index is 628. The van der Waals surface area contributed by atoms with Gasteiger partial charge in [-0.1, -0.05) is 0 Å². The first kappa shape index (κ1) is 22.1. The van der Waals surface area contributed by atoms with Crippen LogP contribution in [0.3, 0.4) is 0 Å². The van der Waals surface area contributed by atoms with Gasteiger partial charge in [0.25, 0.3) is 0 Å². The van der Waals surface area contributed by atoms with Gasteiger partial charge in [-0.15, -0.1) is 0 Å². The molecule has 0 spiro atoms. The van der Waals surface area contributed by atoms with Crippen LogP contribution in [0.5, 0.6) is 5.75 Å². The third kappa shape index (κ3) is 7.85. The van der Waals surface area contributed by atoms with E-state index in [1.807, 2.05) is 26.6 Å². The van der Waals surface area contributed by atoms with Crippen molar-refractivity contribution in [3.8, 4) is 5.75 Å². The second-order valence-corrected chi connectivity index (χ2v) is 22.5. The van der Waals surface area contributed by atoms with Crippen molar-refractivity contribution in [2.45, 2.75) is 72.5 Å². The Morgan fingerprint density at radius 2 is 1.52 bits per heavy atom. The van der Waals surface area contributed by atoms with Crippen molar-refractivity contribution in [2.24, 2.45) is 0 Å². The molecule has 1 heterocycles. The molecular formula is C17H33NO4Si3. The minimum Gasteiger partial charge on any atom is -0.543 e. The molecule has 0 aliphatic rings. The summed E-state index contributed by atoms with van der Waals surface area (Å²) in [6.07, 6.45) is 1.65. The maximum absolute atomic E-state index is 12.9. The number of carbonyl (C=O) groups is 1. The summed E-state index contributed by atoms with van der Waals surface area (Å²) >= 11 is 0. The van der Waals surface area contributed by atoms with Gasteiger partial charge in [0.1, 0.15) is 11.3 Å². The molecule has 142 valence electrons. The first-order valence-electron chi connectivity index (χ1n) is 8.64. The molecule has 0 amide bonds. The highest BCUT2D eigenvalue weighted by atomic mass is 28.4. The number of hydrogen-bond acceptors (Lipinski definition) is 5. The molecule has 0 atom stereocenters. The molecule has 1 aromatic heterocycles. The van der Waals surface area contributed by atoms with Crippen LogP contribution in [0.2, 0.25) is 58.9 Å². The van der Waals surface area contributed by atoms with Crippen molar-refractivity contribution in [1.82, 2.24) is 4.98 Å². The van der Waals surface area contributed by atoms with Gasteiger partial charge in [-0.05, 0) is 65.8 Å². The van der Waals surface area contributed by atoms with E-state index in [1.54, 1.807) is 6.20 Å². The Kier molecular flexibility index (Phi) is 6.82. The van der Waals surface area contributed by atoms with E-state index in [-0.39, 0.29) is 5.97 Å². The van der Waals surface area contributed by atoms with Gasteiger partial charge in [-0.2, -0.15) is 0 Å². The molecule has 5 nitrogen and oxygen atoms in total. The van der Waals surface area contributed by atoms with E-state index >= 15 is 0 Å². The van der Waals surface area contributed by atoms with Crippen LogP contribution in [-0.2, 0) is 15.5 Å². The van der Waals surface area contributed by atoms with E-state index in [0.717, 1.165) is 11.3 Å². The summed E-state index contributed by atoms with van der Waals surface area (Å²) in [5.74, 6) is 0.189. The Morgan fingerprint density at radius 3 is 1.96 bits per heavy atom. The zero-order valence-electron chi connectivity index (χ0n) is 17.4. The van der Waals surface area contributed by atoms with Gasteiger partial charge in [0.15, 0.2) is 8.32 Å². The highest BCUT2D eigenvalue weighted by molar-refractivity contribution is 6.71.